The van der Waals surface area contributed by atoms with Crippen LogP contribution in [0, 0.1) is 11.8 Å². The fraction of sp³-hybridized carbons (Fsp3) is 1.00. The molecule has 0 N–H and O–H groups in total. The van der Waals surface area contributed by atoms with E-state index in [9.17, 15) is 61.5 Å². The Labute approximate surface area is 161 Å². The van der Waals surface area contributed by atoms with Gasteiger partial charge in [0, 0.05) is 0 Å². The van der Waals surface area contributed by atoms with Gasteiger partial charge < -0.3 is 0 Å². The maximum atomic E-state index is 15.3. The van der Waals surface area contributed by atoms with Gasteiger partial charge in [-0.15, -0.1) is 0 Å². The third kappa shape index (κ3) is 1.07. The topological polar surface area (TPSA) is 0 Å². The zero-order valence-electron chi connectivity index (χ0n) is 14.0. The van der Waals surface area contributed by atoms with E-state index in [1.807, 2.05) is 0 Å². The number of halogens is 18. The summed E-state index contributed by atoms with van der Waals surface area (Å²) in [7, 11) is 0. The molecule has 0 aromatic carbocycles. The summed E-state index contributed by atoms with van der Waals surface area (Å²) in [5, 5.41) is 0. The van der Waals surface area contributed by atoms with Crippen LogP contribution in [0.5, 0.6) is 0 Å². The Hall–Kier alpha value is -1.26. The summed E-state index contributed by atoms with van der Waals surface area (Å²) < 4.78 is 264. The molecule has 0 aliphatic heterocycles. The van der Waals surface area contributed by atoms with Crippen molar-refractivity contribution in [1.29, 1.82) is 0 Å². The fourth-order valence-corrected chi connectivity index (χ4v) is 6.66. The molecule has 7 saturated carbocycles. The first-order chi connectivity index (χ1) is 13.7. The second-order valence-corrected chi connectivity index (χ2v) is 8.56. The predicted octanol–water partition coefficient (Wildman–Crippen LogP) is 5.35. The van der Waals surface area contributed by atoms with Gasteiger partial charge in [0.15, 0.2) is 0 Å². The molecule has 7 fully saturated rings. The van der Waals surface area contributed by atoms with Crippen LogP contribution in [0.2, 0.25) is 0 Å². The molecule has 0 radical (unpaired) electrons. The Morgan fingerprint density at radius 2 is 0.500 bits per heavy atom. The van der Waals surface area contributed by atoms with Crippen LogP contribution in [0.15, 0.2) is 0 Å². The van der Waals surface area contributed by atoms with E-state index < -0.39 is 81.4 Å². The van der Waals surface area contributed by atoms with Crippen molar-refractivity contribution in [3.63, 3.8) is 0 Å². The van der Waals surface area contributed by atoms with Crippen molar-refractivity contribution in [1.82, 2.24) is 0 Å². The summed E-state index contributed by atoms with van der Waals surface area (Å²) in [6.07, 6.45) is 0. The first kappa shape index (κ1) is 22.5. The summed E-state index contributed by atoms with van der Waals surface area (Å²) in [6, 6.07) is 0. The van der Waals surface area contributed by atoms with E-state index in [2.05, 4.69) is 0 Å². The number of alkyl halides is 18. The average Bonchev–Trinajstić information content (AvgIpc) is 2.61. The maximum Gasteiger partial charge on any atom is 0.333 e. The van der Waals surface area contributed by atoms with E-state index in [0.29, 0.717) is 0 Å². The van der Waals surface area contributed by atoms with Crippen LogP contribution in [0.4, 0.5) is 79.0 Å². The van der Waals surface area contributed by atoms with Crippen LogP contribution in [0.3, 0.4) is 0 Å². The standard InChI is InChI=1S/C14H2F18/c15-3-1-2-4(16)8(22,14(31,32)10(24,6(2,19)20)11(3,25)26)7(3,21)13(29,30)9(23,5(1,17)18)12(4,27)28/h1-2H. The molecule has 184 valence electrons. The Morgan fingerprint density at radius 3 is 0.719 bits per heavy atom. The van der Waals surface area contributed by atoms with E-state index in [1.165, 1.54) is 0 Å². The highest BCUT2D eigenvalue weighted by molar-refractivity contribution is 5.61. The average molecular weight is 512 g/mol. The fourth-order valence-electron chi connectivity index (χ4n) is 6.66. The Morgan fingerprint density at radius 1 is 0.281 bits per heavy atom. The minimum atomic E-state index is -7.98. The number of hydrogen-bond donors (Lipinski definition) is 0. The lowest BCUT2D eigenvalue weighted by atomic mass is 9.25. The summed E-state index contributed by atoms with van der Waals surface area (Å²) in [5.41, 5.74) is -45.1. The van der Waals surface area contributed by atoms with Crippen molar-refractivity contribution >= 4 is 0 Å². The van der Waals surface area contributed by atoms with Crippen molar-refractivity contribution in [3.8, 4) is 0 Å². The normalized spacial score (nSPS) is 62.4. The monoisotopic (exact) mass is 512 g/mol. The molecule has 7 aliphatic carbocycles. The van der Waals surface area contributed by atoms with Crippen LogP contribution in [0.1, 0.15) is 0 Å². The molecule has 0 saturated heterocycles. The highest BCUT2D eigenvalue weighted by Gasteiger charge is 3.26. The summed E-state index contributed by atoms with van der Waals surface area (Å²) in [6.45, 7) is 0. The molecule has 0 spiro atoms. The molecule has 18 heteroatoms. The molecular formula is C14H2F18. The van der Waals surface area contributed by atoms with Crippen LogP contribution in [0.25, 0.3) is 0 Å². The molecule has 32 heavy (non-hydrogen) atoms. The van der Waals surface area contributed by atoms with E-state index in [4.69, 9.17) is 0 Å². The van der Waals surface area contributed by atoms with Gasteiger partial charge in [-0.2, -0.15) is 35.1 Å². The van der Waals surface area contributed by atoms with Crippen LogP contribution in [-0.4, -0.2) is 69.5 Å². The molecule has 0 aromatic heterocycles. The zero-order valence-corrected chi connectivity index (χ0v) is 14.0. The van der Waals surface area contributed by atoms with Gasteiger partial charge in [0.05, 0.1) is 11.8 Å². The second-order valence-electron chi connectivity index (χ2n) is 8.56. The molecule has 8 bridgehead atoms. The predicted molar refractivity (Wildman–Crippen MR) is 59.7 cm³/mol. The maximum absolute atomic E-state index is 15.3. The first-order valence-corrected chi connectivity index (χ1v) is 8.14. The molecule has 7 rings (SSSR count). The van der Waals surface area contributed by atoms with E-state index in [-0.39, 0.29) is 0 Å². The lowest BCUT2D eigenvalue weighted by Gasteiger charge is -2.83. The molecule has 8 atom stereocenters. The summed E-state index contributed by atoms with van der Waals surface area (Å²) >= 11 is 0. The number of rotatable bonds is 0. The molecular weight excluding hydrogens is 510 g/mol. The SMILES string of the molecule is FC1(F)C2C3C(F)(F)C4(F)C(F)(F)C2(F)C2(F)C(F)(F)C1(F)C(F)(F)C3(F)C2(F)C4(F)F. The van der Waals surface area contributed by atoms with Gasteiger partial charge >= 0.3 is 46.9 Å². The van der Waals surface area contributed by atoms with E-state index >= 15 is 17.6 Å². The van der Waals surface area contributed by atoms with Crippen molar-refractivity contribution in [2.45, 2.75) is 69.5 Å². The van der Waals surface area contributed by atoms with Crippen molar-refractivity contribution < 1.29 is 79.0 Å². The first-order valence-electron chi connectivity index (χ1n) is 8.14. The van der Waals surface area contributed by atoms with Gasteiger partial charge in [0.1, 0.15) is 0 Å². The largest absolute Gasteiger partial charge is 0.333 e. The van der Waals surface area contributed by atoms with Gasteiger partial charge in [0.2, 0.25) is 11.3 Å². The lowest BCUT2D eigenvalue weighted by molar-refractivity contribution is -0.633. The third-order valence-electron chi connectivity index (χ3n) is 7.88. The van der Waals surface area contributed by atoms with E-state index in [0.717, 1.165) is 0 Å². The van der Waals surface area contributed by atoms with Crippen LogP contribution < -0.4 is 0 Å². The number of hydrogen-bond acceptors (Lipinski definition) is 0. The molecule has 8 unspecified atom stereocenters. The highest BCUT2D eigenvalue weighted by atomic mass is 19.3. The van der Waals surface area contributed by atoms with Crippen LogP contribution >= 0.6 is 0 Å². The highest BCUT2D eigenvalue weighted by Crippen LogP contribution is 2.96. The summed E-state index contributed by atoms with van der Waals surface area (Å²) in [4.78, 5) is 0. The lowest BCUT2D eigenvalue weighted by Crippen LogP contribution is -3.15. The Bertz CT molecular complexity index is 910. The molecule has 0 amide bonds. The van der Waals surface area contributed by atoms with Crippen LogP contribution in [-0.2, 0) is 0 Å². The van der Waals surface area contributed by atoms with Gasteiger partial charge in [-0.1, -0.05) is 0 Å². The minimum absolute atomic E-state index is 5.66. The van der Waals surface area contributed by atoms with Gasteiger partial charge in [0.25, 0.3) is 11.3 Å². The molecule has 0 heterocycles. The second kappa shape index (κ2) is 4.17. The van der Waals surface area contributed by atoms with Crippen molar-refractivity contribution in [2.75, 3.05) is 0 Å². The molecule has 7 aliphatic rings. The minimum Gasteiger partial charge on any atom is -0.232 e. The molecule has 0 nitrogen and oxygen atoms in total. The molecule has 0 aromatic rings. The third-order valence-corrected chi connectivity index (χ3v) is 7.88. The van der Waals surface area contributed by atoms with Gasteiger partial charge in [-0.25, -0.2) is 43.9 Å². The van der Waals surface area contributed by atoms with Gasteiger partial charge in [-0.3, -0.25) is 0 Å². The van der Waals surface area contributed by atoms with E-state index in [1.54, 1.807) is 0 Å². The van der Waals surface area contributed by atoms with Gasteiger partial charge in [-0.05, 0) is 0 Å². The summed E-state index contributed by atoms with van der Waals surface area (Å²) in [5.74, 6) is -57.4. The smallest absolute Gasteiger partial charge is 0.232 e. The van der Waals surface area contributed by atoms with Crippen molar-refractivity contribution in [2.24, 2.45) is 11.8 Å². The Balaban J connectivity index is 2.15. The quantitative estimate of drug-likeness (QED) is 0.385. The van der Waals surface area contributed by atoms with Crippen molar-refractivity contribution in [3.05, 3.63) is 0 Å². The Kier molecular flexibility index (Phi) is 2.94. The zero-order chi connectivity index (χ0) is 25.2.